The van der Waals surface area contributed by atoms with Crippen LogP contribution in [0.25, 0.3) is 6.08 Å². The number of amides is 1. The van der Waals surface area contributed by atoms with E-state index in [0.29, 0.717) is 12.1 Å². The normalized spacial score (nSPS) is 14.7. The Hall–Kier alpha value is -2.85. The van der Waals surface area contributed by atoms with Crippen LogP contribution in [0.5, 0.6) is 0 Å². The summed E-state index contributed by atoms with van der Waals surface area (Å²) in [5.74, 6) is -5.06. The maximum Gasteiger partial charge on any atom is 0.451 e. The third kappa shape index (κ3) is 3.96. The maximum absolute atomic E-state index is 13.5. The minimum atomic E-state index is -4.63. The maximum atomic E-state index is 13.5. The molecule has 0 aliphatic carbocycles. The monoisotopic (exact) mass is 390 g/mol. The third-order valence-electron chi connectivity index (χ3n) is 3.99. The van der Waals surface area contributed by atoms with Gasteiger partial charge in [-0.05, 0) is 6.07 Å². The van der Waals surface area contributed by atoms with Crippen molar-refractivity contribution in [2.75, 3.05) is 6.54 Å². The van der Waals surface area contributed by atoms with Crippen LogP contribution < -0.4 is 0 Å². The van der Waals surface area contributed by atoms with Gasteiger partial charge in [-0.1, -0.05) is 12.2 Å². The van der Waals surface area contributed by atoms with Gasteiger partial charge in [-0.2, -0.15) is 13.2 Å². The van der Waals surface area contributed by atoms with Crippen LogP contribution in [0.2, 0.25) is 0 Å². The number of fused-ring (bicyclic) bond motifs is 1. The highest BCUT2D eigenvalue weighted by Gasteiger charge is 2.39. The fourth-order valence-electron chi connectivity index (χ4n) is 2.66. The Balaban J connectivity index is 1.65. The van der Waals surface area contributed by atoms with E-state index >= 15 is 0 Å². The lowest BCUT2D eigenvalue weighted by atomic mass is 10.1. The van der Waals surface area contributed by atoms with E-state index in [-0.39, 0.29) is 37.4 Å². The second kappa shape index (κ2) is 7.05. The molecule has 2 aromatic rings. The molecule has 1 aliphatic heterocycles. The molecule has 0 radical (unpaired) electrons. The van der Waals surface area contributed by atoms with Crippen molar-refractivity contribution in [1.29, 1.82) is 0 Å². The van der Waals surface area contributed by atoms with Crippen LogP contribution >= 0.6 is 0 Å². The van der Waals surface area contributed by atoms with Gasteiger partial charge in [0, 0.05) is 31.1 Å². The Morgan fingerprint density at radius 1 is 1.07 bits per heavy atom. The lowest BCUT2D eigenvalue weighted by Gasteiger charge is -2.27. The van der Waals surface area contributed by atoms with Crippen molar-refractivity contribution in [2.45, 2.75) is 25.7 Å². The number of alkyl halides is 3. The molecule has 1 aliphatic rings. The molecule has 144 valence electrons. The number of hydrogen-bond donors (Lipinski definition) is 0. The molecule has 0 saturated carbocycles. The van der Waals surface area contributed by atoms with E-state index in [2.05, 4.69) is 10.2 Å². The molecule has 0 fully saturated rings. The van der Waals surface area contributed by atoms with E-state index in [1.54, 1.807) is 0 Å². The summed E-state index contributed by atoms with van der Waals surface area (Å²) >= 11 is 0. The van der Waals surface area contributed by atoms with Crippen molar-refractivity contribution >= 4 is 12.0 Å². The Morgan fingerprint density at radius 3 is 2.48 bits per heavy atom. The number of carbonyl (C=O) groups is 1. The highest BCUT2D eigenvalue weighted by molar-refractivity contribution is 5.78. The Morgan fingerprint density at radius 2 is 1.78 bits per heavy atom. The van der Waals surface area contributed by atoms with Crippen molar-refractivity contribution in [2.24, 2.45) is 0 Å². The number of aromatic nitrogens is 3. The van der Waals surface area contributed by atoms with Gasteiger partial charge in [0.2, 0.25) is 11.7 Å². The number of rotatable bonds is 3. The number of benzene rings is 1. The smallest absolute Gasteiger partial charge is 0.333 e. The second-order valence-electron chi connectivity index (χ2n) is 5.80. The summed E-state index contributed by atoms with van der Waals surface area (Å²) < 4.78 is 78.8. The highest BCUT2D eigenvalue weighted by atomic mass is 19.4. The average Bonchev–Trinajstić information content (AvgIpc) is 3.02. The van der Waals surface area contributed by atoms with Crippen LogP contribution in [0.1, 0.15) is 23.6 Å². The standard InChI is InChI=1S/C16H12F6N4O/c17-10-7-12(19)11(18)6-9(10)2-1-3-14(27)25-4-5-26-13(8-25)23-24-15(26)16(20,21)22/h1-2,6-7H,3-5,8H2. The zero-order chi connectivity index (χ0) is 19.8. The molecule has 0 N–H and O–H groups in total. The fraction of sp³-hybridized carbons (Fsp3) is 0.312. The predicted octanol–water partition coefficient (Wildman–Crippen LogP) is 3.16. The van der Waals surface area contributed by atoms with Crippen LogP contribution in [-0.4, -0.2) is 32.1 Å². The summed E-state index contributed by atoms with van der Waals surface area (Å²) in [6, 6.07) is 1.06. The number of nitrogens with zero attached hydrogens (tertiary/aromatic N) is 4. The van der Waals surface area contributed by atoms with E-state index in [1.807, 2.05) is 0 Å². The van der Waals surface area contributed by atoms with Gasteiger partial charge in [-0.15, -0.1) is 10.2 Å². The zero-order valence-corrected chi connectivity index (χ0v) is 13.6. The quantitative estimate of drug-likeness (QED) is 0.598. The van der Waals surface area contributed by atoms with Crippen molar-refractivity contribution in [1.82, 2.24) is 19.7 Å². The Labute approximate surface area is 148 Å². The van der Waals surface area contributed by atoms with Gasteiger partial charge in [0.05, 0.1) is 6.54 Å². The first-order valence-electron chi connectivity index (χ1n) is 7.75. The summed E-state index contributed by atoms with van der Waals surface area (Å²) in [5.41, 5.74) is -0.227. The molecule has 3 rings (SSSR count). The average molecular weight is 390 g/mol. The van der Waals surface area contributed by atoms with Gasteiger partial charge >= 0.3 is 6.18 Å². The van der Waals surface area contributed by atoms with Crippen molar-refractivity contribution in [3.63, 3.8) is 0 Å². The molecule has 5 nitrogen and oxygen atoms in total. The molecule has 2 heterocycles. The fourth-order valence-corrected chi connectivity index (χ4v) is 2.66. The molecule has 0 saturated heterocycles. The molecule has 0 unspecified atom stereocenters. The van der Waals surface area contributed by atoms with Crippen LogP contribution in [0.3, 0.4) is 0 Å². The largest absolute Gasteiger partial charge is 0.451 e. The SMILES string of the molecule is O=C(CC=Cc1cc(F)c(F)cc1F)N1CCn2c(nnc2C(F)(F)F)C1. The molecule has 27 heavy (non-hydrogen) atoms. The van der Waals surface area contributed by atoms with Gasteiger partial charge in [-0.25, -0.2) is 13.2 Å². The number of halogens is 6. The molecular weight excluding hydrogens is 378 g/mol. The van der Waals surface area contributed by atoms with Crippen LogP contribution in [0, 0.1) is 17.5 Å². The van der Waals surface area contributed by atoms with E-state index in [4.69, 9.17) is 0 Å². The van der Waals surface area contributed by atoms with Crippen molar-refractivity contribution in [3.8, 4) is 0 Å². The number of carbonyl (C=O) groups excluding carboxylic acids is 1. The van der Waals surface area contributed by atoms with Gasteiger partial charge < -0.3 is 9.47 Å². The predicted molar refractivity (Wildman–Crippen MR) is 80.4 cm³/mol. The summed E-state index contributed by atoms with van der Waals surface area (Å²) in [4.78, 5) is 13.5. The van der Waals surface area contributed by atoms with Gasteiger partial charge in [0.25, 0.3) is 0 Å². The van der Waals surface area contributed by atoms with E-state index < -0.39 is 35.4 Å². The summed E-state index contributed by atoms with van der Waals surface area (Å²) in [6.07, 6.45) is -2.43. The Bertz CT molecular complexity index is 905. The molecule has 1 amide bonds. The lowest BCUT2D eigenvalue weighted by molar-refractivity contribution is -0.148. The van der Waals surface area contributed by atoms with Crippen molar-refractivity contribution < 1.29 is 31.1 Å². The first-order valence-corrected chi connectivity index (χ1v) is 7.75. The molecule has 0 atom stereocenters. The molecule has 1 aromatic carbocycles. The van der Waals surface area contributed by atoms with E-state index in [1.165, 1.54) is 11.0 Å². The molecule has 0 spiro atoms. The molecule has 1 aromatic heterocycles. The third-order valence-corrected chi connectivity index (χ3v) is 3.99. The molecule has 0 bridgehead atoms. The van der Waals surface area contributed by atoms with Crippen LogP contribution in [0.15, 0.2) is 18.2 Å². The van der Waals surface area contributed by atoms with Gasteiger partial charge in [0.1, 0.15) is 5.82 Å². The molecule has 11 heteroatoms. The minimum Gasteiger partial charge on any atom is -0.333 e. The van der Waals surface area contributed by atoms with Gasteiger partial charge in [0.15, 0.2) is 17.5 Å². The summed E-state index contributed by atoms with van der Waals surface area (Å²) in [5, 5.41) is 6.59. The number of hydrogen-bond acceptors (Lipinski definition) is 3. The topological polar surface area (TPSA) is 51.0 Å². The lowest BCUT2D eigenvalue weighted by Crippen LogP contribution is -2.39. The highest BCUT2D eigenvalue weighted by Crippen LogP contribution is 2.29. The summed E-state index contributed by atoms with van der Waals surface area (Å²) in [7, 11) is 0. The molecular formula is C16H12F6N4O. The van der Waals surface area contributed by atoms with Crippen molar-refractivity contribution in [3.05, 3.63) is 52.9 Å². The Kier molecular flexibility index (Phi) is 4.94. The van der Waals surface area contributed by atoms with E-state index in [9.17, 15) is 31.1 Å². The second-order valence-corrected chi connectivity index (χ2v) is 5.80. The van der Waals surface area contributed by atoms with Crippen LogP contribution in [-0.2, 0) is 24.1 Å². The first kappa shape index (κ1) is 18.9. The minimum absolute atomic E-state index is 0.0116. The summed E-state index contributed by atoms with van der Waals surface area (Å²) in [6.45, 7) is -0.222. The zero-order valence-electron chi connectivity index (χ0n) is 13.6. The van der Waals surface area contributed by atoms with Gasteiger partial charge in [-0.3, -0.25) is 4.79 Å². The first-order chi connectivity index (χ1) is 12.7. The van der Waals surface area contributed by atoms with E-state index in [0.717, 1.165) is 10.6 Å². The van der Waals surface area contributed by atoms with Crippen LogP contribution in [0.4, 0.5) is 26.3 Å².